The van der Waals surface area contributed by atoms with Crippen molar-refractivity contribution in [3.63, 3.8) is 0 Å². The van der Waals surface area contributed by atoms with Crippen LogP contribution < -0.4 is 10.6 Å². The molecule has 0 radical (unpaired) electrons. The predicted octanol–water partition coefficient (Wildman–Crippen LogP) is 1.12. The molecule has 6 nitrogen and oxygen atoms in total. The maximum atomic E-state index is 12.0. The molecule has 0 atom stereocenters. The van der Waals surface area contributed by atoms with Crippen molar-refractivity contribution < 1.29 is 4.79 Å². The molecule has 0 fully saturated rings. The summed E-state index contributed by atoms with van der Waals surface area (Å²) in [5.74, 6) is -0.0890. The van der Waals surface area contributed by atoms with Crippen LogP contribution in [0.2, 0.25) is 0 Å². The molecule has 0 spiro atoms. The molecular formula is C15H19N5O. The molecule has 0 aliphatic heterocycles. The van der Waals surface area contributed by atoms with E-state index in [9.17, 15) is 4.79 Å². The Morgan fingerprint density at radius 2 is 2.19 bits per heavy atom. The summed E-state index contributed by atoms with van der Waals surface area (Å²) in [7, 11) is 1.85. The molecule has 2 N–H and O–H groups in total. The molecule has 1 aliphatic carbocycles. The van der Waals surface area contributed by atoms with E-state index in [1.807, 2.05) is 13.1 Å². The number of carbonyl (C=O) groups is 1. The van der Waals surface area contributed by atoms with Gasteiger partial charge in [0.25, 0.3) is 0 Å². The van der Waals surface area contributed by atoms with Crippen molar-refractivity contribution in [2.75, 3.05) is 12.4 Å². The summed E-state index contributed by atoms with van der Waals surface area (Å²) >= 11 is 0. The second-order valence-electron chi connectivity index (χ2n) is 5.32. The predicted molar refractivity (Wildman–Crippen MR) is 79.9 cm³/mol. The van der Waals surface area contributed by atoms with Gasteiger partial charge in [-0.3, -0.25) is 4.79 Å². The minimum atomic E-state index is -0.0890. The number of nitrogens with zero attached hydrogens (tertiary/aromatic N) is 3. The van der Waals surface area contributed by atoms with E-state index in [4.69, 9.17) is 0 Å². The van der Waals surface area contributed by atoms with Crippen LogP contribution in [0.4, 0.5) is 5.69 Å². The normalized spacial score (nSPS) is 13.2. The number of hydrogen-bond donors (Lipinski definition) is 2. The SMILES string of the molecule is CNCc1cn(CC(=O)Nc2ccc3c(c2)CCC3)nn1. The van der Waals surface area contributed by atoms with Crippen LogP contribution in [0.5, 0.6) is 0 Å². The number of rotatable bonds is 5. The summed E-state index contributed by atoms with van der Waals surface area (Å²) in [5.41, 5.74) is 4.44. The quantitative estimate of drug-likeness (QED) is 0.863. The fourth-order valence-corrected chi connectivity index (χ4v) is 2.68. The van der Waals surface area contributed by atoms with E-state index in [1.165, 1.54) is 17.5 Å². The van der Waals surface area contributed by atoms with Gasteiger partial charge in [0.05, 0.1) is 11.9 Å². The van der Waals surface area contributed by atoms with Crippen LogP contribution in [0.15, 0.2) is 24.4 Å². The van der Waals surface area contributed by atoms with E-state index in [2.05, 4.69) is 33.1 Å². The summed E-state index contributed by atoms with van der Waals surface area (Å²) < 4.78 is 1.55. The van der Waals surface area contributed by atoms with Gasteiger partial charge in [0.15, 0.2) is 0 Å². The summed E-state index contributed by atoms with van der Waals surface area (Å²) in [4.78, 5) is 12.0. The van der Waals surface area contributed by atoms with E-state index in [1.54, 1.807) is 10.9 Å². The molecule has 0 bridgehead atoms. The Hall–Kier alpha value is -2.21. The van der Waals surface area contributed by atoms with E-state index >= 15 is 0 Å². The number of aromatic nitrogens is 3. The number of fused-ring (bicyclic) bond motifs is 1. The Kier molecular flexibility index (Phi) is 3.96. The molecule has 3 rings (SSSR count). The van der Waals surface area contributed by atoms with Gasteiger partial charge < -0.3 is 10.6 Å². The molecule has 2 aromatic rings. The number of anilines is 1. The zero-order valence-electron chi connectivity index (χ0n) is 12.1. The second-order valence-corrected chi connectivity index (χ2v) is 5.32. The van der Waals surface area contributed by atoms with Crippen LogP contribution in [0.25, 0.3) is 0 Å². The summed E-state index contributed by atoms with van der Waals surface area (Å²) in [6.45, 7) is 0.820. The third kappa shape index (κ3) is 3.28. The average molecular weight is 285 g/mol. The summed E-state index contributed by atoms with van der Waals surface area (Å²) in [6.07, 6.45) is 5.24. The van der Waals surface area contributed by atoms with Gasteiger partial charge >= 0.3 is 0 Å². The second kappa shape index (κ2) is 6.05. The number of aryl methyl sites for hydroxylation is 2. The van der Waals surface area contributed by atoms with E-state index < -0.39 is 0 Å². The third-order valence-corrected chi connectivity index (χ3v) is 3.63. The van der Waals surface area contributed by atoms with Gasteiger partial charge in [-0.15, -0.1) is 5.10 Å². The van der Waals surface area contributed by atoms with Crippen LogP contribution in [-0.4, -0.2) is 27.9 Å². The zero-order chi connectivity index (χ0) is 14.7. The molecular weight excluding hydrogens is 266 g/mol. The standard InChI is InChI=1S/C15H19N5O/c1-16-8-14-9-20(19-18-14)10-15(21)17-13-6-5-11-3-2-4-12(11)7-13/h5-7,9,16H,2-4,8,10H2,1H3,(H,17,21). The minimum absolute atomic E-state index is 0.0890. The molecule has 1 amide bonds. The highest BCUT2D eigenvalue weighted by atomic mass is 16.2. The zero-order valence-corrected chi connectivity index (χ0v) is 12.1. The highest BCUT2D eigenvalue weighted by molar-refractivity contribution is 5.90. The highest BCUT2D eigenvalue weighted by Crippen LogP contribution is 2.24. The van der Waals surface area contributed by atoms with Gasteiger partial charge in [0.2, 0.25) is 5.91 Å². The van der Waals surface area contributed by atoms with Crippen molar-refractivity contribution >= 4 is 11.6 Å². The Bertz CT molecular complexity index is 649. The number of nitrogens with one attached hydrogen (secondary N) is 2. The lowest BCUT2D eigenvalue weighted by molar-refractivity contribution is -0.116. The van der Waals surface area contributed by atoms with Gasteiger partial charge in [-0.2, -0.15) is 0 Å². The van der Waals surface area contributed by atoms with Crippen LogP contribution in [0.3, 0.4) is 0 Å². The Morgan fingerprint density at radius 1 is 1.33 bits per heavy atom. The first-order valence-electron chi connectivity index (χ1n) is 7.20. The third-order valence-electron chi connectivity index (χ3n) is 3.63. The monoisotopic (exact) mass is 285 g/mol. The van der Waals surface area contributed by atoms with Crippen LogP contribution >= 0.6 is 0 Å². The molecule has 0 unspecified atom stereocenters. The van der Waals surface area contributed by atoms with E-state index in [0.29, 0.717) is 6.54 Å². The maximum Gasteiger partial charge on any atom is 0.246 e. The van der Waals surface area contributed by atoms with Gasteiger partial charge in [0, 0.05) is 12.2 Å². The molecule has 110 valence electrons. The van der Waals surface area contributed by atoms with Crippen molar-refractivity contribution in [2.24, 2.45) is 0 Å². The molecule has 0 saturated heterocycles. The smallest absolute Gasteiger partial charge is 0.246 e. The minimum Gasteiger partial charge on any atom is -0.324 e. The Balaban J connectivity index is 1.60. The number of hydrogen-bond acceptors (Lipinski definition) is 4. The van der Waals surface area contributed by atoms with Crippen LogP contribution in [-0.2, 0) is 30.7 Å². The molecule has 6 heteroatoms. The highest BCUT2D eigenvalue weighted by Gasteiger charge is 2.12. The van der Waals surface area contributed by atoms with E-state index in [-0.39, 0.29) is 12.5 Å². The largest absolute Gasteiger partial charge is 0.324 e. The number of amides is 1. The number of carbonyl (C=O) groups excluding carboxylic acids is 1. The molecule has 1 heterocycles. The van der Waals surface area contributed by atoms with Gasteiger partial charge in [-0.1, -0.05) is 11.3 Å². The fourth-order valence-electron chi connectivity index (χ4n) is 2.68. The Morgan fingerprint density at radius 3 is 3.05 bits per heavy atom. The summed E-state index contributed by atoms with van der Waals surface area (Å²) in [6, 6.07) is 6.16. The Labute approximate surface area is 123 Å². The molecule has 1 aromatic carbocycles. The van der Waals surface area contributed by atoms with Crippen molar-refractivity contribution in [1.29, 1.82) is 0 Å². The first kappa shape index (κ1) is 13.8. The van der Waals surface area contributed by atoms with Crippen LogP contribution in [0, 0.1) is 0 Å². The lowest BCUT2D eigenvalue weighted by Crippen LogP contribution is -2.19. The average Bonchev–Trinajstić information content (AvgIpc) is 3.08. The van der Waals surface area contributed by atoms with Gasteiger partial charge in [-0.05, 0) is 49.6 Å². The first-order valence-corrected chi connectivity index (χ1v) is 7.20. The van der Waals surface area contributed by atoms with Gasteiger partial charge in [-0.25, -0.2) is 4.68 Å². The van der Waals surface area contributed by atoms with Crippen LogP contribution in [0.1, 0.15) is 23.2 Å². The lowest BCUT2D eigenvalue weighted by atomic mass is 10.1. The van der Waals surface area contributed by atoms with Gasteiger partial charge in [0.1, 0.15) is 6.54 Å². The maximum absolute atomic E-state index is 12.0. The van der Waals surface area contributed by atoms with Crippen molar-refractivity contribution in [2.45, 2.75) is 32.4 Å². The van der Waals surface area contributed by atoms with E-state index in [0.717, 1.165) is 24.2 Å². The first-order chi connectivity index (χ1) is 10.2. The fraction of sp³-hybridized carbons (Fsp3) is 0.400. The van der Waals surface area contributed by atoms with Crippen molar-refractivity contribution in [1.82, 2.24) is 20.3 Å². The molecule has 0 saturated carbocycles. The lowest BCUT2D eigenvalue weighted by Gasteiger charge is -2.07. The topological polar surface area (TPSA) is 71.8 Å². The summed E-state index contributed by atoms with van der Waals surface area (Å²) in [5, 5.41) is 13.8. The molecule has 1 aromatic heterocycles. The van der Waals surface area contributed by atoms with Crippen molar-refractivity contribution in [3.05, 3.63) is 41.2 Å². The molecule has 1 aliphatic rings. The molecule has 21 heavy (non-hydrogen) atoms. The number of benzene rings is 1. The van der Waals surface area contributed by atoms with Crippen molar-refractivity contribution in [3.8, 4) is 0 Å².